The quantitative estimate of drug-likeness (QED) is 0.788. The fourth-order valence-electron chi connectivity index (χ4n) is 3.23. The lowest BCUT2D eigenvalue weighted by Crippen LogP contribution is -2.41. The van der Waals surface area contributed by atoms with E-state index in [-0.39, 0.29) is 17.9 Å². The summed E-state index contributed by atoms with van der Waals surface area (Å²) >= 11 is 5.86. The lowest BCUT2D eigenvalue weighted by Gasteiger charge is -2.19. The van der Waals surface area contributed by atoms with E-state index in [1.807, 2.05) is 0 Å². The molecule has 1 heterocycles. The molecule has 0 radical (unpaired) electrons. The van der Waals surface area contributed by atoms with Gasteiger partial charge in [-0.25, -0.2) is 8.78 Å². The maximum absolute atomic E-state index is 13.8. The van der Waals surface area contributed by atoms with E-state index < -0.39 is 29.5 Å². The van der Waals surface area contributed by atoms with E-state index in [0.717, 1.165) is 0 Å². The van der Waals surface area contributed by atoms with Gasteiger partial charge in [-0.2, -0.15) is 0 Å². The molecule has 1 saturated heterocycles. The third-order valence-corrected chi connectivity index (χ3v) is 4.87. The van der Waals surface area contributed by atoms with E-state index in [1.54, 1.807) is 36.1 Å². The molecule has 0 spiro atoms. The number of nitrogens with zero attached hydrogens (tertiary/aromatic N) is 1. The number of carbonyl (C=O) groups is 2. The van der Waals surface area contributed by atoms with Crippen molar-refractivity contribution >= 4 is 29.1 Å². The van der Waals surface area contributed by atoms with E-state index in [2.05, 4.69) is 5.32 Å². The van der Waals surface area contributed by atoms with Crippen molar-refractivity contribution in [2.24, 2.45) is 5.92 Å². The Morgan fingerprint density at radius 2 is 1.85 bits per heavy atom. The van der Waals surface area contributed by atoms with E-state index in [9.17, 15) is 18.4 Å². The first-order valence-corrected chi connectivity index (χ1v) is 9.05. The van der Waals surface area contributed by atoms with Gasteiger partial charge < -0.3 is 10.2 Å². The first kappa shape index (κ1) is 19.3. The van der Waals surface area contributed by atoms with Crippen molar-refractivity contribution < 1.29 is 18.4 Å². The second kappa shape index (κ2) is 8.05. The number of nitrogens with one attached hydrogen (secondary N) is 1. The molecule has 3 rings (SSSR count). The van der Waals surface area contributed by atoms with E-state index >= 15 is 0 Å². The number of halogens is 3. The highest BCUT2D eigenvalue weighted by Crippen LogP contribution is 2.26. The van der Waals surface area contributed by atoms with Crippen molar-refractivity contribution in [3.05, 3.63) is 64.7 Å². The highest BCUT2D eigenvalue weighted by Gasteiger charge is 2.38. The molecule has 2 unspecified atom stereocenters. The Hall–Kier alpha value is -2.47. The Kier molecular flexibility index (Phi) is 5.75. The van der Waals surface area contributed by atoms with Crippen LogP contribution in [0.3, 0.4) is 0 Å². The highest BCUT2D eigenvalue weighted by molar-refractivity contribution is 6.30. The van der Waals surface area contributed by atoms with Crippen LogP contribution in [0.5, 0.6) is 0 Å². The van der Waals surface area contributed by atoms with Gasteiger partial charge in [0.05, 0.1) is 0 Å². The second-order valence-electron chi connectivity index (χ2n) is 6.62. The molecule has 1 aliphatic rings. The van der Waals surface area contributed by atoms with Crippen LogP contribution < -0.4 is 10.2 Å². The molecule has 142 valence electrons. The second-order valence-corrected chi connectivity index (χ2v) is 7.06. The number of hydrogen-bond donors (Lipinski definition) is 1. The van der Waals surface area contributed by atoms with Crippen LogP contribution >= 0.6 is 11.6 Å². The smallest absolute Gasteiger partial charge is 0.239 e. The van der Waals surface area contributed by atoms with Crippen molar-refractivity contribution in [2.45, 2.75) is 25.8 Å². The molecule has 27 heavy (non-hydrogen) atoms. The average Bonchev–Trinajstić information content (AvgIpc) is 3.00. The van der Waals surface area contributed by atoms with Crippen LogP contribution in [0.4, 0.5) is 14.5 Å². The number of rotatable bonds is 5. The molecule has 1 aliphatic heterocycles. The zero-order chi connectivity index (χ0) is 19.6. The van der Waals surface area contributed by atoms with Gasteiger partial charge in [0.25, 0.3) is 0 Å². The van der Waals surface area contributed by atoms with Crippen molar-refractivity contribution in [2.75, 3.05) is 11.4 Å². The molecular formula is C20H19ClF2N2O2. The predicted molar refractivity (Wildman–Crippen MR) is 99.6 cm³/mol. The first-order valence-electron chi connectivity index (χ1n) is 8.67. The monoisotopic (exact) mass is 392 g/mol. The molecule has 2 aromatic carbocycles. The molecule has 2 atom stereocenters. The number of benzene rings is 2. The molecule has 2 amide bonds. The molecule has 0 aliphatic carbocycles. The number of amides is 2. The summed E-state index contributed by atoms with van der Waals surface area (Å²) in [4.78, 5) is 26.6. The molecule has 1 N–H and O–H groups in total. The fourth-order valence-corrected chi connectivity index (χ4v) is 3.35. The van der Waals surface area contributed by atoms with Gasteiger partial charge in [-0.1, -0.05) is 17.7 Å². The summed E-state index contributed by atoms with van der Waals surface area (Å²) in [5.74, 6) is -2.84. The summed E-state index contributed by atoms with van der Waals surface area (Å²) in [6.07, 6.45) is 0.389. The third-order valence-electron chi connectivity index (χ3n) is 4.62. The van der Waals surface area contributed by atoms with Gasteiger partial charge in [-0.15, -0.1) is 0 Å². The summed E-state index contributed by atoms with van der Waals surface area (Å²) in [6.45, 7) is 2.08. The minimum atomic E-state index is -0.811. The van der Waals surface area contributed by atoms with Crippen molar-refractivity contribution in [1.82, 2.24) is 5.32 Å². The van der Waals surface area contributed by atoms with Gasteiger partial charge in [0, 0.05) is 28.9 Å². The van der Waals surface area contributed by atoms with Crippen LogP contribution in [0, 0.1) is 17.6 Å². The van der Waals surface area contributed by atoms with Crippen LogP contribution in [-0.4, -0.2) is 24.4 Å². The molecule has 7 heteroatoms. The maximum atomic E-state index is 13.8. The van der Waals surface area contributed by atoms with Crippen LogP contribution in [0.2, 0.25) is 5.02 Å². The Morgan fingerprint density at radius 3 is 2.48 bits per heavy atom. The minimum Gasteiger partial charge on any atom is -0.353 e. The lowest BCUT2D eigenvalue weighted by atomic mass is 10.0. The van der Waals surface area contributed by atoms with Crippen molar-refractivity contribution in [3.8, 4) is 0 Å². The Labute approximate surface area is 161 Å². The fraction of sp³-hybridized carbons (Fsp3) is 0.300. The molecule has 0 saturated carbocycles. The molecule has 2 aromatic rings. The van der Waals surface area contributed by atoms with Crippen molar-refractivity contribution in [3.63, 3.8) is 0 Å². The van der Waals surface area contributed by atoms with E-state index in [4.69, 9.17) is 11.6 Å². The summed E-state index contributed by atoms with van der Waals surface area (Å²) in [5, 5.41) is 3.26. The molecule has 0 aromatic heterocycles. The summed E-state index contributed by atoms with van der Waals surface area (Å²) in [5.41, 5.74) is 0.604. The van der Waals surface area contributed by atoms with E-state index in [0.29, 0.717) is 23.7 Å². The Balaban J connectivity index is 1.62. The van der Waals surface area contributed by atoms with Gasteiger partial charge in [0.2, 0.25) is 11.8 Å². The van der Waals surface area contributed by atoms with Gasteiger partial charge in [0.1, 0.15) is 17.6 Å². The molecule has 0 bridgehead atoms. The Morgan fingerprint density at radius 1 is 1.22 bits per heavy atom. The lowest BCUT2D eigenvalue weighted by molar-refractivity contribution is -0.132. The first-order chi connectivity index (χ1) is 12.9. The zero-order valence-corrected chi connectivity index (χ0v) is 15.5. The Bertz CT molecular complexity index is 837. The van der Waals surface area contributed by atoms with Gasteiger partial charge >= 0.3 is 0 Å². The maximum Gasteiger partial charge on any atom is 0.239 e. The largest absolute Gasteiger partial charge is 0.353 e. The standard InChI is InChI=1S/C20H19ClF2N2O2/c1-12(11-16-17(22)3-2-4-18(16)23)24-19(26)15-9-10-25(20(15)27)14-7-5-13(21)6-8-14/h2-8,12,15H,9-11H2,1H3,(H,24,26). The third kappa shape index (κ3) is 4.27. The number of anilines is 1. The highest BCUT2D eigenvalue weighted by atomic mass is 35.5. The van der Waals surface area contributed by atoms with Gasteiger partial charge in [0.15, 0.2) is 0 Å². The number of carbonyl (C=O) groups excluding carboxylic acids is 2. The SMILES string of the molecule is CC(Cc1c(F)cccc1F)NC(=O)C1CCN(c2ccc(Cl)cc2)C1=O. The predicted octanol–water partition coefficient (Wildman–Crippen LogP) is 3.72. The van der Waals surface area contributed by atoms with E-state index in [1.165, 1.54) is 18.2 Å². The summed E-state index contributed by atoms with van der Waals surface area (Å²) in [6, 6.07) is 9.95. The van der Waals surface area contributed by atoms with Gasteiger partial charge in [-0.3, -0.25) is 9.59 Å². The zero-order valence-electron chi connectivity index (χ0n) is 14.7. The molecular weight excluding hydrogens is 374 g/mol. The van der Waals surface area contributed by atoms with Crippen LogP contribution in [-0.2, 0) is 16.0 Å². The summed E-state index contributed by atoms with van der Waals surface area (Å²) in [7, 11) is 0. The van der Waals surface area contributed by atoms with Crippen LogP contribution in [0.15, 0.2) is 42.5 Å². The minimum absolute atomic E-state index is 0.00601. The van der Waals surface area contributed by atoms with Crippen LogP contribution in [0.25, 0.3) is 0 Å². The summed E-state index contributed by atoms with van der Waals surface area (Å²) < 4.78 is 27.5. The van der Waals surface area contributed by atoms with Crippen LogP contribution in [0.1, 0.15) is 18.9 Å². The number of hydrogen-bond acceptors (Lipinski definition) is 2. The topological polar surface area (TPSA) is 49.4 Å². The normalized spacial score (nSPS) is 17.9. The van der Waals surface area contributed by atoms with Gasteiger partial charge in [-0.05, 0) is 56.2 Å². The van der Waals surface area contributed by atoms with Crippen molar-refractivity contribution in [1.29, 1.82) is 0 Å². The molecule has 1 fully saturated rings. The average molecular weight is 393 g/mol. The molecule has 4 nitrogen and oxygen atoms in total.